The molecule has 0 atom stereocenters. The average molecular weight is 260 g/mol. The lowest BCUT2D eigenvalue weighted by Crippen LogP contribution is -2.43. The highest BCUT2D eigenvalue weighted by molar-refractivity contribution is 5.57. The number of hydrogen-bond acceptors (Lipinski definition) is 4. The first kappa shape index (κ1) is 12.4. The Morgan fingerprint density at radius 3 is 2.95 bits per heavy atom. The summed E-state index contributed by atoms with van der Waals surface area (Å²) < 4.78 is 2.05. The van der Waals surface area contributed by atoms with Gasteiger partial charge in [0.15, 0.2) is 0 Å². The van der Waals surface area contributed by atoms with Gasteiger partial charge in [-0.25, -0.2) is 4.98 Å². The van der Waals surface area contributed by atoms with Gasteiger partial charge in [0, 0.05) is 56.9 Å². The smallest absolute Gasteiger partial charge is 0.139 e. The number of rotatable bonds is 4. The summed E-state index contributed by atoms with van der Waals surface area (Å²) in [5.74, 6) is 0. The van der Waals surface area contributed by atoms with Gasteiger partial charge in [-0.05, 0) is 18.9 Å². The van der Waals surface area contributed by atoms with Crippen LogP contribution in [-0.4, -0.2) is 47.3 Å². The van der Waals surface area contributed by atoms with Gasteiger partial charge in [-0.2, -0.15) is 0 Å². The number of aliphatic hydroxyl groups is 1. The fraction of sp³-hybridized carbons (Fsp3) is 0.500. The Kier molecular flexibility index (Phi) is 3.66. The Morgan fingerprint density at radius 1 is 1.32 bits per heavy atom. The van der Waals surface area contributed by atoms with E-state index < -0.39 is 0 Å². The highest BCUT2D eigenvalue weighted by Gasteiger charge is 2.11. The van der Waals surface area contributed by atoms with E-state index in [1.54, 1.807) is 0 Å². The first-order valence-electron chi connectivity index (χ1n) is 6.91. The van der Waals surface area contributed by atoms with Crippen molar-refractivity contribution in [1.82, 2.24) is 14.7 Å². The SMILES string of the molecule is OCCCc1cn2ccc(N3CCNCC3)cc2n1. The average Bonchev–Trinajstić information content (AvgIpc) is 2.87. The van der Waals surface area contributed by atoms with E-state index in [4.69, 9.17) is 5.11 Å². The maximum Gasteiger partial charge on any atom is 0.139 e. The Bertz CT molecular complexity index is 545. The molecule has 0 aliphatic carbocycles. The van der Waals surface area contributed by atoms with E-state index in [-0.39, 0.29) is 6.61 Å². The van der Waals surface area contributed by atoms with E-state index in [2.05, 4.69) is 37.9 Å². The van der Waals surface area contributed by atoms with Gasteiger partial charge in [-0.15, -0.1) is 0 Å². The van der Waals surface area contributed by atoms with Crippen LogP contribution >= 0.6 is 0 Å². The van der Waals surface area contributed by atoms with E-state index in [1.807, 2.05) is 6.20 Å². The highest BCUT2D eigenvalue weighted by atomic mass is 16.2. The minimum Gasteiger partial charge on any atom is -0.396 e. The number of aromatic nitrogens is 2. The van der Waals surface area contributed by atoms with Crippen LogP contribution in [0.5, 0.6) is 0 Å². The fourth-order valence-electron chi connectivity index (χ4n) is 2.52. The second-order valence-corrected chi connectivity index (χ2v) is 4.95. The van der Waals surface area contributed by atoms with Gasteiger partial charge in [-0.1, -0.05) is 0 Å². The summed E-state index contributed by atoms with van der Waals surface area (Å²) in [6.07, 6.45) is 5.73. The van der Waals surface area contributed by atoms with Gasteiger partial charge in [0.05, 0.1) is 5.69 Å². The Morgan fingerprint density at radius 2 is 2.16 bits per heavy atom. The standard InChI is InChI=1S/C14H20N4O/c19-9-1-2-12-11-18-6-3-13(10-14(18)16-12)17-7-4-15-5-8-17/h3,6,10-11,15,19H,1-2,4-5,7-9H2. The minimum absolute atomic E-state index is 0.222. The maximum atomic E-state index is 8.87. The molecular formula is C14H20N4O. The first-order valence-corrected chi connectivity index (χ1v) is 6.91. The normalized spacial score (nSPS) is 16.2. The molecule has 5 heteroatoms. The van der Waals surface area contributed by atoms with Crippen LogP contribution in [0.4, 0.5) is 5.69 Å². The van der Waals surface area contributed by atoms with Crippen molar-refractivity contribution >= 4 is 11.3 Å². The van der Waals surface area contributed by atoms with Crippen molar-refractivity contribution in [2.45, 2.75) is 12.8 Å². The lowest BCUT2D eigenvalue weighted by molar-refractivity contribution is 0.288. The highest BCUT2D eigenvalue weighted by Crippen LogP contribution is 2.18. The maximum absolute atomic E-state index is 8.87. The third kappa shape index (κ3) is 2.72. The van der Waals surface area contributed by atoms with Crippen LogP contribution in [0.3, 0.4) is 0 Å². The van der Waals surface area contributed by atoms with Crippen molar-refractivity contribution in [2.24, 2.45) is 0 Å². The summed E-state index contributed by atoms with van der Waals surface area (Å²) in [6, 6.07) is 4.30. The third-order valence-electron chi connectivity index (χ3n) is 3.57. The number of aryl methyl sites for hydroxylation is 1. The van der Waals surface area contributed by atoms with Gasteiger partial charge in [0.1, 0.15) is 5.65 Å². The summed E-state index contributed by atoms with van der Waals surface area (Å²) in [4.78, 5) is 7.00. The predicted octanol–water partition coefficient (Wildman–Crippen LogP) is 0.669. The molecule has 0 amide bonds. The van der Waals surface area contributed by atoms with E-state index in [0.717, 1.165) is 50.4 Å². The van der Waals surface area contributed by atoms with Gasteiger partial charge in [-0.3, -0.25) is 0 Å². The minimum atomic E-state index is 0.222. The zero-order chi connectivity index (χ0) is 13.1. The summed E-state index contributed by atoms with van der Waals surface area (Å²) in [6.45, 7) is 4.41. The Balaban J connectivity index is 1.83. The summed E-state index contributed by atoms with van der Waals surface area (Å²) in [5, 5.41) is 12.2. The molecule has 2 aromatic heterocycles. The predicted molar refractivity (Wildman–Crippen MR) is 75.7 cm³/mol. The van der Waals surface area contributed by atoms with Crippen LogP contribution in [-0.2, 0) is 6.42 Å². The van der Waals surface area contributed by atoms with E-state index in [9.17, 15) is 0 Å². The number of imidazole rings is 1. The van der Waals surface area contributed by atoms with E-state index >= 15 is 0 Å². The van der Waals surface area contributed by atoms with Gasteiger partial charge in [0.2, 0.25) is 0 Å². The molecule has 0 saturated carbocycles. The van der Waals surface area contributed by atoms with Crippen molar-refractivity contribution in [3.05, 3.63) is 30.2 Å². The zero-order valence-corrected chi connectivity index (χ0v) is 11.0. The van der Waals surface area contributed by atoms with Crippen molar-refractivity contribution in [3.63, 3.8) is 0 Å². The van der Waals surface area contributed by atoms with Crippen LogP contribution in [0.1, 0.15) is 12.1 Å². The molecule has 1 saturated heterocycles. The topological polar surface area (TPSA) is 52.8 Å². The van der Waals surface area contributed by atoms with Gasteiger partial charge < -0.3 is 19.7 Å². The van der Waals surface area contributed by atoms with Crippen LogP contribution in [0.25, 0.3) is 5.65 Å². The number of pyridine rings is 1. The summed E-state index contributed by atoms with van der Waals surface area (Å²) in [7, 11) is 0. The Hall–Kier alpha value is -1.59. The number of anilines is 1. The molecule has 3 rings (SSSR count). The molecule has 0 radical (unpaired) electrons. The van der Waals surface area contributed by atoms with Gasteiger partial charge in [0.25, 0.3) is 0 Å². The molecule has 102 valence electrons. The molecule has 0 aromatic carbocycles. The second-order valence-electron chi connectivity index (χ2n) is 4.95. The lowest BCUT2D eigenvalue weighted by atomic mass is 10.3. The van der Waals surface area contributed by atoms with Crippen LogP contribution in [0, 0.1) is 0 Å². The van der Waals surface area contributed by atoms with Crippen molar-refractivity contribution < 1.29 is 5.11 Å². The summed E-state index contributed by atoms with van der Waals surface area (Å²) >= 11 is 0. The number of fused-ring (bicyclic) bond motifs is 1. The number of piperazine rings is 1. The number of nitrogens with zero attached hydrogens (tertiary/aromatic N) is 3. The molecule has 0 bridgehead atoms. The molecule has 5 nitrogen and oxygen atoms in total. The molecule has 2 aromatic rings. The fourth-order valence-corrected chi connectivity index (χ4v) is 2.52. The van der Waals surface area contributed by atoms with E-state index in [1.165, 1.54) is 5.69 Å². The van der Waals surface area contributed by atoms with Crippen molar-refractivity contribution in [1.29, 1.82) is 0 Å². The molecule has 1 fully saturated rings. The second kappa shape index (κ2) is 5.59. The number of aliphatic hydroxyl groups excluding tert-OH is 1. The molecule has 19 heavy (non-hydrogen) atoms. The Labute approximate surface area is 112 Å². The largest absolute Gasteiger partial charge is 0.396 e. The molecule has 2 N–H and O–H groups in total. The van der Waals surface area contributed by atoms with Crippen LogP contribution < -0.4 is 10.2 Å². The van der Waals surface area contributed by atoms with Crippen LogP contribution in [0.2, 0.25) is 0 Å². The number of nitrogens with one attached hydrogen (secondary N) is 1. The summed E-state index contributed by atoms with van der Waals surface area (Å²) in [5.41, 5.74) is 3.28. The number of hydrogen-bond donors (Lipinski definition) is 2. The lowest BCUT2D eigenvalue weighted by Gasteiger charge is -2.29. The van der Waals surface area contributed by atoms with Crippen molar-refractivity contribution in [2.75, 3.05) is 37.7 Å². The molecule has 3 heterocycles. The molecule has 0 unspecified atom stereocenters. The van der Waals surface area contributed by atoms with Gasteiger partial charge >= 0.3 is 0 Å². The molecule has 1 aliphatic rings. The molecular weight excluding hydrogens is 240 g/mol. The molecule has 1 aliphatic heterocycles. The zero-order valence-electron chi connectivity index (χ0n) is 11.0. The monoisotopic (exact) mass is 260 g/mol. The van der Waals surface area contributed by atoms with E-state index in [0.29, 0.717) is 0 Å². The third-order valence-corrected chi connectivity index (χ3v) is 3.57. The quantitative estimate of drug-likeness (QED) is 0.848. The van der Waals surface area contributed by atoms with Crippen LogP contribution in [0.15, 0.2) is 24.5 Å². The van der Waals surface area contributed by atoms with Crippen molar-refractivity contribution in [3.8, 4) is 0 Å². The molecule has 0 spiro atoms. The first-order chi connectivity index (χ1) is 9.36.